The van der Waals surface area contributed by atoms with E-state index in [0.717, 1.165) is 0 Å². The minimum absolute atomic E-state index is 0.132. The number of carboxylic acids is 1. The van der Waals surface area contributed by atoms with Gasteiger partial charge in [-0.25, -0.2) is 4.79 Å². The van der Waals surface area contributed by atoms with E-state index in [1.54, 1.807) is 12.1 Å². The average Bonchev–Trinajstić information content (AvgIpc) is 2.27. The van der Waals surface area contributed by atoms with Gasteiger partial charge in [-0.1, -0.05) is 6.07 Å². The van der Waals surface area contributed by atoms with Crippen LogP contribution in [0.5, 0.6) is 5.75 Å². The number of rotatable bonds is 5. The van der Waals surface area contributed by atoms with Crippen LogP contribution in [0, 0.1) is 0 Å². The third-order valence-electron chi connectivity index (χ3n) is 1.76. The van der Waals surface area contributed by atoms with Gasteiger partial charge in [0.2, 0.25) is 0 Å². The second-order valence-corrected chi connectivity index (χ2v) is 3.01. The topological polar surface area (TPSA) is 111 Å². The van der Waals surface area contributed by atoms with Crippen molar-refractivity contribution in [1.29, 1.82) is 0 Å². The number of hydrogen-bond donors (Lipinski definition) is 4. The van der Waals surface area contributed by atoms with E-state index in [0.29, 0.717) is 11.4 Å². The lowest BCUT2D eigenvalue weighted by Crippen LogP contribution is -2.19. The molecule has 0 aliphatic rings. The van der Waals surface area contributed by atoms with Crippen molar-refractivity contribution >= 4 is 5.97 Å². The summed E-state index contributed by atoms with van der Waals surface area (Å²) in [7, 11) is 0. The molecular formula is C10H13N3O3. The van der Waals surface area contributed by atoms with Crippen LogP contribution in [0.2, 0.25) is 0 Å². The molecule has 0 aliphatic heterocycles. The highest BCUT2D eigenvalue weighted by Gasteiger charge is 2.03. The van der Waals surface area contributed by atoms with Gasteiger partial charge in [-0.3, -0.25) is 5.84 Å². The van der Waals surface area contributed by atoms with E-state index in [-0.39, 0.29) is 12.2 Å². The summed E-state index contributed by atoms with van der Waals surface area (Å²) >= 11 is 0. The zero-order valence-corrected chi connectivity index (χ0v) is 8.51. The second-order valence-electron chi connectivity index (χ2n) is 3.01. The molecule has 6 heteroatoms. The van der Waals surface area contributed by atoms with E-state index < -0.39 is 5.97 Å². The number of carbonyl (C=O) groups is 1. The van der Waals surface area contributed by atoms with Crippen LogP contribution in [0.4, 0.5) is 0 Å². The van der Waals surface area contributed by atoms with Gasteiger partial charge < -0.3 is 21.0 Å². The summed E-state index contributed by atoms with van der Waals surface area (Å²) in [5.41, 5.74) is 8.35. The lowest BCUT2D eigenvalue weighted by atomic mass is 10.2. The number of benzene rings is 1. The second kappa shape index (κ2) is 5.62. The smallest absolute Gasteiger partial charge is 0.335 e. The fourth-order valence-electron chi connectivity index (χ4n) is 1.03. The molecule has 0 spiro atoms. The third kappa shape index (κ3) is 3.50. The number of carboxylic acid groups (broad SMARTS) is 1. The van der Waals surface area contributed by atoms with E-state index >= 15 is 0 Å². The fraction of sp³-hybridized carbons (Fsp3) is 0.100. The molecule has 16 heavy (non-hydrogen) atoms. The van der Waals surface area contributed by atoms with Gasteiger partial charge in [0, 0.05) is 6.20 Å². The van der Waals surface area contributed by atoms with Gasteiger partial charge in [-0.05, 0) is 18.2 Å². The molecule has 0 bridgehead atoms. The van der Waals surface area contributed by atoms with Gasteiger partial charge in [0.25, 0.3) is 0 Å². The Morgan fingerprint density at radius 1 is 1.56 bits per heavy atom. The molecule has 0 aromatic heterocycles. The van der Waals surface area contributed by atoms with Crippen LogP contribution in [-0.4, -0.2) is 17.7 Å². The van der Waals surface area contributed by atoms with Crippen molar-refractivity contribution in [2.24, 2.45) is 11.6 Å². The van der Waals surface area contributed by atoms with E-state index in [1.165, 1.54) is 18.3 Å². The number of hydrogen-bond acceptors (Lipinski definition) is 5. The van der Waals surface area contributed by atoms with Crippen LogP contribution in [0.25, 0.3) is 0 Å². The van der Waals surface area contributed by atoms with Crippen LogP contribution in [-0.2, 0) is 0 Å². The molecule has 6 nitrogen and oxygen atoms in total. The molecule has 0 amide bonds. The Morgan fingerprint density at radius 2 is 2.31 bits per heavy atom. The minimum Gasteiger partial charge on any atom is -0.487 e. The van der Waals surface area contributed by atoms with Crippen molar-refractivity contribution in [1.82, 2.24) is 5.43 Å². The summed E-state index contributed by atoms with van der Waals surface area (Å²) < 4.78 is 5.26. The van der Waals surface area contributed by atoms with E-state index in [2.05, 4.69) is 5.43 Å². The summed E-state index contributed by atoms with van der Waals surface area (Å²) in [6, 6.07) is 6.15. The predicted octanol–water partition coefficient (Wildman–Crippen LogP) is 0.0270. The molecule has 0 aliphatic carbocycles. The molecule has 0 heterocycles. The van der Waals surface area contributed by atoms with Gasteiger partial charge in [-0.2, -0.15) is 0 Å². The van der Waals surface area contributed by atoms with Gasteiger partial charge >= 0.3 is 5.97 Å². The Bertz CT molecular complexity index is 404. The van der Waals surface area contributed by atoms with Crippen LogP contribution in [0.3, 0.4) is 0 Å². The summed E-state index contributed by atoms with van der Waals surface area (Å²) in [6.45, 7) is 0.132. The lowest BCUT2D eigenvalue weighted by Gasteiger charge is -2.06. The third-order valence-corrected chi connectivity index (χ3v) is 1.76. The molecule has 0 saturated carbocycles. The standard InChI is InChI=1S/C10H13N3O3/c11-8(5-13-12)6-16-9-3-1-2-7(4-9)10(14)15/h1-5,13H,6,11-12H2,(H,14,15)/b8-5-. The first-order chi connectivity index (χ1) is 7.63. The average molecular weight is 223 g/mol. The van der Waals surface area contributed by atoms with Crippen molar-refractivity contribution in [2.45, 2.75) is 0 Å². The van der Waals surface area contributed by atoms with Gasteiger partial charge in [0.15, 0.2) is 0 Å². The fourth-order valence-corrected chi connectivity index (χ4v) is 1.03. The maximum absolute atomic E-state index is 10.7. The zero-order valence-electron chi connectivity index (χ0n) is 8.51. The molecule has 1 aromatic carbocycles. The number of hydrazine groups is 1. The molecule has 6 N–H and O–H groups in total. The van der Waals surface area contributed by atoms with Crippen molar-refractivity contribution in [3.63, 3.8) is 0 Å². The molecular weight excluding hydrogens is 210 g/mol. The SMILES string of the molecule is NN/C=C(\N)COc1cccc(C(=O)O)c1. The van der Waals surface area contributed by atoms with E-state index in [9.17, 15) is 4.79 Å². The first-order valence-corrected chi connectivity index (χ1v) is 4.50. The summed E-state index contributed by atoms with van der Waals surface area (Å²) in [5, 5.41) is 8.75. The van der Waals surface area contributed by atoms with E-state index in [1.807, 2.05) is 0 Å². The van der Waals surface area contributed by atoms with Crippen molar-refractivity contribution < 1.29 is 14.6 Å². The monoisotopic (exact) mass is 223 g/mol. The normalized spacial score (nSPS) is 10.9. The van der Waals surface area contributed by atoms with Crippen LogP contribution >= 0.6 is 0 Å². The summed E-state index contributed by atoms with van der Waals surface area (Å²) in [5.74, 6) is 4.46. The van der Waals surface area contributed by atoms with Crippen LogP contribution in [0.15, 0.2) is 36.2 Å². The molecule has 0 atom stereocenters. The molecule has 86 valence electrons. The molecule has 0 saturated heterocycles. The van der Waals surface area contributed by atoms with Crippen molar-refractivity contribution in [2.75, 3.05) is 6.61 Å². The Labute approximate surface area is 92.5 Å². The summed E-state index contributed by atoms with van der Waals surface area (Å²) in [4.78, 5) is 10.7. The quantitative estimate of drug-likeness (QED) is 0.414. The highest BCUT2D eigenvalue weighted by molar-refractivity contribution is 5.87. The Balaban J connectivity index is 2.64. The van der Waals surface area contributed by atoms with Crippen LogP contribution in [0.1, 0.15) is 10.4 Å². The Morgan fingerprint density at radius 3 is 2.94 bits per heavy atom. The maximum Gasteiger partial charge on any atom is 0.335 e. The number of ether oxygens (including phenoxy) is 1. The molecule has 0 unspecified atom stereocenters. The predicted molar refractivity (Wildman–Crippen MR) is 58.5 cm³/mol. The first kappa shape index (κ1) is 11.9. The molecule has 1 aromatic rings. The molecule has 1 rings (SSSR count). The minimum atomic E-state index is -1.00. The zero-order chi connectivity index (χ0) is 12.0. The Kier molecular flexibility index (Phi) is 4.16. The highest BCUT2D eigenvalue weighted by atomic mass is 16.5. The molecule has 0 radical (unpaired) electrons. The van der Waals surface area contributed by atoms with Gasteiger partial charge in [0.1, 0.15) is 12.4 Å². The lowest BCUT2D eigenvalue weighted by molar-refractivity contribution is 0.0696. The van der Waals surface area contributed by atoms with E-state index in [4.69, 9.17) is 21.4 Å². The van der Waals surface area contributed by atoms with Gasteiger partial charge in [0.05, 0.1) is 11.3 Å². The molecule has 0 fully saturated rings. The van der Waals surface area contributed by atoms with Gasteiger partial charge in [-0.15, -0.1) is 0 Å². The highest BCUT2D eigenvalue weighted by Crippen LogP contribution is 2.13. The van der Waals surface area contributed by atoms with Crippen molar-refractivity contribution in [3.8, 4) is 5.75 Å². The first-order valence-electron chi connectivity index (χ1n) is 4.50. The largest absolute Gasteiger partial charge is 0.487 e. The van der Waals surface area contributed by atoms with Crippen LogP contribution < -0.4 is 21.7 Å². The Hall–Kier alpha value is -2.21. The number of nitrogens with two attached hydrogens (primary N) is 2. The summed E-state index contributed by atoms with van der Waals surface area (Å²) in [6.07, 6.45) is 1.39. The number of aromatic carboxylic acids is 1. The van der Waals surface area contributed by atoms with Crippen molar-refractivity contribution in [3.05, 3.63) is 41.7 Å². The number of nitrogens with one attached hydrogen (secondary N) is 1. The maximum atomic E-state index is 10.7.